The van der Waals surface area contributed by atoms with E-state index in [9.17, 15) is 0 Å². The first-order valence-corrected chi connectivity index (χ1v) is 6.25. The molecule has 3 nitrogen and oxygen atoms in total. The van der Waals surface area contributed by atoms with Gasteiger partial charge in [0, 0.05) is 6.20 Å². The van der Waals surface area contributed by atoms with Crippen LogP contribution >= 0.6 is 0 Å². The lowest BCUT2D eigenvalue weighted by atomic mass is 9.98. The highest BCUT2D eigenvalue weighted by molar-refractivity contribution is 5.42. The minimum absolute atomic E-state index is 0.349. The molecule has 0 saturated carbocycles. The van der Waals surface area contributed by atoms with Gasteiger partial charge in [-0.15, -0.1) is 0 Å². The molecule has 1 aromatic heterocycles. The smallest absolute Gasteiger partial charge is 0.237 e. The Morgan fingerprint density at radius 3 is 2.68 bits per heavy atom. The summed E-state index contributed by atoms with van der Waals surface area (Å²) in [6.45, 7) is 6.39. The van der Waals surface area contributed by atoms with Gasteiger partial charge < -0.3 is 4.74 Å². The van der Waals surface area contributed by atoms with Crippen molar-refractivity contribution in [2.24, 2.45) is 0 Å². The van der Waals surface area contributed by atoms with Gasteiger partial charge in [-0.1, -0.05) is 19.9 Å². The van der Waals surface area contributed by atoms with Gasteiger partial charge in [-0.25, -0.2) is 4.98 Å². The van der Waals surface area contributed by atoms with Crippen LogP contribution in [0.4, 0.5) is 0 Å². The molecule has 0 fully saturated rings. The van der Waals surface area contributed by atoms with E-state index in [0.29, 0.717) is 23.1 Å². The molecule has 0 bridgehead atoms. The highest BCUT2D eigenvalue weighted by atomic mass is 16.5. The van der Waals surface area contributed by atoms with Crippen molar-refractivity contribution in [3.05, 3.63) is 53.2 Å². The normalized spacial score (nSPS) is 10.3. The highest BCUT2D eigenvalue weighted by Gasteiger charge is 2.08. The van der Waals surface area contributed by atoms with Crippen LogP contribution in [0, 0.1) is 18.3 Å². The second-order valence-electron chi connectivity index (χ2n) is 4.74. The Balaban J connectivity index is 2.30. The van der Waals surface area contributed by atoms with Crippen LogP contribution in [0.15, 0.2) is 36.5 Å². The molecule has 2 rings (SSSR count). The Bertz CT molecular complexity index is 627. The number of aromatic nitrogens is 1. The summed E-state index contributed by atoms with van der Waals surface area (Å²) in [5, 5.41) is 9.00. The topological polar surface area (TPSA) is 45.9 Å². The second kappa shape index (κ2) is 5.53. The third-order valence-corrected chi connectivity index (χ3v) is 2.97. The third kappa shape index (κ3) is 2.92. The van der Waals surface area contributed by atoms with Crippen molar-refractivity contribution in [3.8, 4) is 17.7 Å². The van der Waals surface area contributed by atoms with Gasteiger partial charge >= 0.3 is 0 Å². The maximum atomic E-state index is 9.00. The lowest BCUT2D eigenvalue weighted by molar-refractivity contribution is 0.460. The Kier molecular flexibility index (Phi) is 3.82. The Morgan fingerprint density at radius 2 is 2.05 bits per heavy atom. The number of hydrogen-bond acceptors (Lipinski definition) is 3. The van der Waals surface area contributed by atoms with Gasteiger partial charge in [-0.05, 0) is 48.2 Å². The van der Waals surface area contributed by atoms with Crippen molar-refractivity contribution in [2.75, 3.05) is 0 Å². The van der Waals surface area contributed by atoms with Gasteiger partial charge in [0.15, 0.2) is 0 Å². The molecule has 0 atom stereocenters. The predicted octanol–water partition coefficient (Wildman–Crippen LogP) is 4.18. The summed E-state index contributed by atoms with van der Waals surface area (Å²) in [4.78, 5) is 4.09. The minimum Gasteiger partial charge on any atom is -0.438 e. The predicted molar refractivity (Wildman–Crippen MR) is 74.3 cm³/mol. The average Bonchev–Trinajstić information content (AvgIpc) is 2.39. The van der Waals surface area contributed by atoms with Crippen LogP contribution in [0.2, 0.25) is 0 Å². The molecule has 0 amide bonds. The SMILES string of the molecule is Cc1cc(Oc2ncccc2C#N)ccc1C(C)C. The van der Waals surface area contributed by atoms with Gasteiger partial charge in [0.1, 0.15) is 17.4 Å². The second-order valence-corrected chi connectivity index (χ2v) is 4.74. The van der Waals surface area contributed by atoms with E-state index in [1.807, 2.05) is 12.1 Å². The number of nitrogens with zero attached hydrogens (tertiary/aromatic N) is 2. The number of benzene rings is 1. The number of aryl methyl sites for hydroxylation is 1. The molecule has 2 aromatic rings. The van der Waals surface area contributed by atoms with E-state index in [0.717, 1.165) is 0 Å². The van der Waals surface area contributed by atoms with Crippen molar-refractivity contribution in [3.63, 3.8) is 0 Å². The molecule has 0 unspecified atom stereocenters. The Labute approximate surface area is 113 Å². The summed E-state index contributed by atoms with van der Waals surface area (Å²) >= 11 is 0. The molecule has 19 heavy (non-hydrogen) atoms. The number of hydrogen-bond donors (Lipinski definition) is 0. The fourth-order valence-electron chi connectivity index (χ4n) is 2.03. The number of pyridine rings is 1. The van der Waals surface area contributed by atoms with E-state index >= 15 is 0 Å². The summed E-state index contributed by atoms with van der Waals surface area (Å²) in [5.41, 5.74) is 2.92. The lowest BCUT2D eigenvalue weighted by Crippen LogP contribution is -1.95. The first-order valence-electron chi connectivity index (χ1n) is 6.25. The van der Waals surface area contributed by atoms with Crippen LogP contribution in [0.1, 0.15) is 36.5 Å². The van der Waals surface area contributed by atoms with E-state index in [1.54, 1.807) is 18.3 Å². The molecule has 3 heteroatoms. The number of ether oxygens (including phenoxy) is 1. The van der Waals surface area contributed by atoms with E-state index in [2.05, 4.69) is 37.9 Å². The molecule has 0 aliphatic rings. The number of nitriles is 1. The van der Waals surface area contributed by atoms with Crippen molar-refractivity contribution >= 4 is 0 Å². The summed E-state index contributed by atoms with van der Waals surface area (Å²) in [6.07, 6.45) is 1.62. The van der Waals surface area contributed by atoms with Gasteiger partial charge in [0.05, 0.1) is 0 Å². The molecular weight excluding hydrogens is 236 g/mol. The van der Waals surface area contributed by atoms with Crippen LogP contribution in [0.25, 0.3) is 0 Å². The van der Waals surface area contributed by atoms with Crippen molar-refractivity contribution in [1.29, 1.82) is 5.26 Å². The highest BCUT2D eigenvalue weighted by Crippen LogP contribution is 2.27. The van der Waals surface area contributed by atoms with Crippen LogP contribution in [0.5, 0.6) is 11.6 Å². The molecule has 1 aromatic carbocycles. The molecule has 0 spiro atoms. The zero-order chi connectivity index (χ0) is 13.8. The summed E-state index contributed by atoms with van der Waals surface area (Å²) in [5.74, 6) is 1.54. The summed E-state index contributed by atoms with van der Waals surface area (Å²) in [7, 11) is 0. The van der Waals surface area contributed by atoms with E-state index in [4.69, 9.17) is 10.00 Å². The third-order valence-electron chi connectivity index (χ3n) is 2.97. The maximum Gasteiger partial charge on any atom is 0.237 e. The fourth-order valence-corrected chi connectivity index (χ4v) is 2.03. The molecule has 0 N–H and O–H groups in total. The molecule has 0 saturated heterocycles. The largest absolute Gasteiger partial charge is 0.438 e. The van der Waals surface area contributed by atoms with Crippen molar-refractivity contribution < 1.29 is 4.74 Å². The molecule has 1 heterocycles. The standard InChI is InChI=1S/C16H16N2O/c1-11(2)15-7-6-14(9-12(15)3)19-16-13(10-17)5-4-8-18-16/h4-9,11H,1-3H3. The van der Waals surface area contributed by atoms with E-state index in [-0.39, 0.29) is 0 Å². The van der Waals surface area contributed by atoms with Gasteiger partial charge in [-0.3, -0.25) is 0 Å². The zero-order valence-corrected chi connectivity index (χ0v) is 11.3. The van der Waals surface area contributed by atoms with E-state index in [1.165, 1.54) is 11.1 Å². The lowest BCUT2D eigenvalue weighted by Gasteiger charge is -2.12. The monoisotopic (exact) mass is 252 g/mol. The summed E-state index contributed by atoms with van der Waals surface area (Å²) in [6, 6.07) is 11.4. The molecule has 96 valence electrons. The van der Waals surface area contributed by atoms with Crippen LogP contribution in [-0.4, -0.2) is 4.98 Å². The minimum atomic E-state index is 0.349. The maximum absolute atomic E-state index is 9.00. The first kappa shape index (κ1) is 13.1. The van der Waals surface area contributed by atoms with Gasteiger partial charge in [0.25, 0.3) is 0 Å². The number of rotatable bonds is 3. The quantitative estimate of drug-likeness (QED) is 0.823. The molecule has 0 aliphatic heterocycles. The van der Waals surface area contributed by atoms with Crippen molar-refractivity contribution in [1.82, 2.24) is 4.98 Å². The van der Waals surface area contributed by atoms with Crippen LogP contribution < -0.4 is 4.74 Å². The van der Waals surface area contributed by atoms with Gasteiger partial charge in [-0.2, -0.15) is 5.26 Å². The molecular formula is C16H16N2O. The fraction of sp³-hybridized carbons (Fsp3) is 0.250. The van der Waals surface area contributed by atoms with Gasteiger partial charge in [0.2, 0.25) is 5.88 Å². The summed E-state index contributed by atoms with van der Waals surface area (Å²) < 4.78 is 5.68. The van der Waals surface area contributed by atoms with Crippen LogP contribution in [-0.2, 0) is 0 Å². The van der Waals surface area contributed by atoms with E-state index < -0.39 is 0 Å². The molecule has 0 aliphatic carbocycles. The zero-order valence-electron chi connectivity index (χ0n) is 11.3. The van der Waals surface area contributed by atoms with Crippen molar-refractivity contribution in [2.45, 2.75) is 26.7 Å². The average molecular weight is 252 g/mol. The first-order chi connectivity index (χ1) is 9.11. The van der Waals surface area contributed by atoms with Crippen LogP contribution in [0.3, 0.4) is 0 Å². The molecule has 0 radical (unpaired) electrons. The Morgan fingerprint density at radius 1 is 1.26 bits per heavy atom. The Hall–Kier alpha value is -2.34.